The van der Waals surface area contributed by atoms with Crippen LogP contribution in [0.1, 0.15) is 26.4 Å². The van der Waals surface area contributed by atoms with Gasteiger partial charge in [0, 0.05) is 30.1 Å². The van der Waals surface area contributed by atoms with Gasteiger partial charge in [-0.05, 0) is 36.4 Å². The third-order valence-corrected chi connectivity index (χ3v) is 5.87. The van der Waals surface area contributed by atoms with Gasteiger partial charge in [0.2, 0.25) is 5.78 Å². The maximum Gasteiger partial charge on any atom is 0.255 e. The summed E-state index contributed by atoms with van der Waals surface area (Å²) in [4.78, 5) is 36.0. The van der Waals surface area contributed by atoms with Gasteiger partial charge in [0.15, 0.2) is 17.5 Å². The molecule has 2 aromatic carbocycles. The Morgan fingerprint density at radius 3 is 2.43 bits per heavy atom. The Hall–Kier alpha value is -4.38. The monoisotopic (exact) mass is 510 g/mol. The molecule has 1 aliphatic heterocycles. The molecule has 0 bridgehead atoms. The molecular formula is C26H18F4N4O3. The molecule has 1 aliphatic rings. The van der Waals surface area contributed by atoms with Crippen LogP contribution in [0.5, 0.6) is 0 Å². The Bertz CT molecular complexity index is 1540. The number of ketones is 1. The third-order valence-electron chi connectivity index (χ3n) is 5.87. The van der Waals surface area contributed by atoms with E-state index in [0.717, 1.165) is 17.8 Å². The van der Waals surface area contributed by atoms with E-state index in [4.69, 9.17) is 4.74 Å². The normalized spacial score (nSPS) is 13.6. The molecule has 1 fully saturated rings. The summed E-state index contributed by atoms with van der Waals surface area (Å²) in [5.41, 5.74) is -0.460. The molecule has 37 heavy (non-hydrogen) atoms. The summed E-state index contributed by atoms with van der Waals surface area (Å²) in [6.07, 6.45) is 3.04. The molecule has 4 aromatic rings. The molecule has 0 atom stereocenters. The molecular weight excluding hydrogens is 492 g/mol. The van der Waals surface area contributed by atoms with Crippen LogP contribution in [0, 0.1) is 23.3 Å². The van der Waals surface area contributed by atoms with Crippen molar-refractivity contribution in [3.8, 4) is 0 Å². The van der Waals surface area contributed by atoms with E-state index in [1.165, 1.54) is 12.3 Å². The third kappa shape index (κ3) is 4.98. The number of nitrogens with zero attached hydrogens (tertiary/aromatic N) is 3. The molecule has 1 N–H and O–H groups in total. The summed E-state index contributed by atoms with van der Waals surface area (Å²) in [5.74, 6) is -6.59. The molecule has 0 unspecified atom stereocenters. The van der Waals surface area contributed by atoms with Crippen molar-refractivity contribution in [3.05, 3.63) is 94.9 Å². The van der Waals surface area contributed by atoms with E-state index in [1.54, 1.807) is 6.20 Å². The number of rotatable bonds is 5. The number of pyridine rings is 2. The topological polar surface area (TPSA) is 84.4 Å². The molecule has 1 amide bonds. The summed E-state index contributed by atoms with van der Waals surface area (Å²) in [6.45, 7) is 2.51. The van der Waals surface area contributed by atoms with Crippen molar-refractivity contribution in [1.82, 2.24) is 9.97 Å². The smallest absolute Gasteiger partial charge is 0.255 e. The molecule has 0 saturated carbocycles. The number of benzene rings is 2. The lowest BCUT2D eigenvalue weighted by atomic mass is 10.0. The first-order valence-corrected chi connectivity index (χ1v) is 11.2. The maximum atomic E-state index is 15.2. The number of amides is 1. The molecule has 188 valence electrons. The molecule has 5 rings (SSSR count). The van der Waals surface area contributed by atoms with E-state index < -0.39 is 46.2 Å². The van der Waals surface area contributed by atoms with Crippen LogP contribution in [-0.2, 0) is 4.74 Å². The number of fused-ring (bicyclic) bond motifs is 1. The minimum Gasteiger partial charge on any atom is -0.378 e. The predicted octanol–water partition coefficient (Wildman–Crippen LogP) is 4.51. The molecule has 3 heterocycles. The number of hydrogen-bond donors (Lipinski definition) is 1. The lowest BCUT2D eigenvalue weighted by molar-refractivity contribution is 0.101. The van der Waals surface area contributed by atoms with Gasteiger partial charge in [0.25, 0.3) is 5.91 Å². The Morgan fingerprint density at radius 1 is 0.892 bits per heavy atom. The SMILES string of the molecule is O=C(Nc1cc(F)cc(C(=O)c2cc3cc(N4CCOCC4)cnc3cn2)c1F)c1ccc(F)c(F)c1. The number of carbonyl (C=O) groups excluding carboxylic acids is 2. The van der Waals surface area contributed by atoms with Crippen molar-refractivity contribution in [1.29, 1.82) is 0 Å². The van der Waals surface area contributed by atoms with E-state index >= 15 is 4.39 Å². The lowest BCUT2D eigenvalue weighted by Gasteiger charge is -2.28. The van der Waals surface area contributed by atoms with Crippen LogP contribution in [0.15, 0.2) is 54.9 Å². The van der Waals surface area contributed by atoms with Crippen molar-refractivity contribution in [2.75, 3.05) is 36.5 Å². The average Bonchev–Trinajstić information content (AvgIpc) is 2.91. The molecule has 0 radical (unpaired) electrons. The van der Waals surface area contributed by atoms with Crippen molar-refractivity contribution in [2.24, 2.45) is 0 Å². The predicted molar refractivity (Wildman–Crippen MR) is 127 cm³/mol. The van der Waals surface area contributed by atoms with E-state index in [-0.39, 0.29) is 11.3 Å². The number of halogens is 4. The highest BCUT2D eigenvalue weighted by Crippen LogP contribution is 2.26. The molecule has 7 nitrogen and oxygen atoms in total. The number of aromatic nitrogens is 2. The summed E-state index contributed by atoms with van der Waals surface area (Å²) in [7, 11) is 0. The fourth-order valence-electron chi connectivity index (χ4n) is 3.95. The van der Waals surface area contributed by atoms with Gasteiger partial charge in [-0.25, -0.2) is 17.6 Å². The fraction of sp³-hybridized carbons (Fsp3) is 0.154. The van der Waals surface area contributed by atoms with Crippen LogP contribution in [-0.4, -0.2) is 48.0 Å². The van der Waals surface area contributed by atoms with Gasteiger partial charge in [-0.3, -0.25) is 19.6 Å². The van der Waals surface area contributed by atoms with Gasteiger partial charge in [-0.15, -0.1) is 0 Å². The first kappa shape index (κ1) is 24.3. The van der Waals surface area contributed by atoms with Gasteiger partial charge in [-0.2, -0.15) is 0 Å². The Balaban J connectivity index is 1.45. The van der Waals surface area contributed by atoms with E-state index in [0.29, 0.717) is 55.4 Å². The van der Waals surface area contributed by atoms with E-state index in [9.17, 15) is 22.8 Å². The molecule has 0 spiro atoms. The highest BCUT2D eigenvalue weighted by Gasteiger charge is 2.22. The zero-order chi connectivity index (χ0) is 26.1. The Morgan fingerprint density at radius 2 is 1.68 bits per heavy atom. The quantitative estimate of drug-likeness (QED) is 0.314. The van der Waals surface area contributed by atoms with Gasteiger partial charge >= 0.3 is 0 Å². The second kappa shape index (κ2) is 9.94. The van der Waals surface area contributed by atoms with E-state index in [2.05, 4.69) is 20.2 Å². The van der Waals surface area contributed by atoms with Gasteiger partial charge in [0.1, 0.15) is 11.5 Å². The number of hydrogen-bond acceptors (Lipinski definition) is 6. The zero-order valence-electron chi connectivity index (χ0n) is 19.1. The van der Waals surface area contributed by atoms with Crippen molar-refractivity contribution in [2.45, 2.75) is 0 Å². The fourth-order valence-corrected chi connectivity index (χ4v) is 3.95. The van der Waals surface area contributed by atoms with Gasteiger partial charge < -0.3 is 15.0 Å². The Labute approximate surface area is 207 Å². The molecule has 11 heteroatoms. The zero-order valence-corrected chi connectivity index (χ0v) is 19.1. The van der Waals surface area contributed by atoms with Crippen LogP contribution in [0.4, 0.5) is 28.9 Å². The summed E-state index contributed by atoms with van der Waals surface area (Å²) in [5, 5.41) is 2.67. The molecule has 2 aromatic heterocycles. The second-order valence-corrected chi connectivity index (χ2v) is 8.28. The second-order valence-electron chi connectivity index (χ2n) is 8.28. The highest BCUT2D eigenvalue weighted by atomic mass is 19.2. The van der Waals surface area contributed by atoms with Gasteiger partial charge in [0.05, 0.1) is 48.1 Å². The van der Waals surface area contributed by atoms with Crippen LogP contribution >= 0.6 is 0 Å². The maximum absolute atomic E-state index is 15.2. The number of nitrogens with one attached hydrogen (secondary N) is 1. The summed E-state index contributed by atoms with van der Waals surface area (Å²) >= 11 is 0. The first-order chi connectivity index (χ1) is 17.8. The minimum absolute atomic E-state index is 0.157. The van der Waals surface area contributed by atoms with E-state index in [1.807, 2.05) is 6.07 Å². The average molecular weight is 510 g/mol. The van der Waals surface area contributed by atoms with Crippen molar-refractivity contribution >= 4 is 34.0 Å². The largest absolute Gasteiger partial charge is 0.378 e. The number of morpholine rings is 1. The van der Waals surface area contributed by atoms with Crippen molar-refractivity contribution < 1.29 is 31.9 Å². The van der Waals surface area contributed by atoms with Crippen LogP contribution in [0.3, 0.4) is 0 Å². The van der Waals surface area contributed by atoms with Crippen LogP contribution < -0.4 is 10.2 Å². The van der Waals surface area contributed by atoms with Crippen LogP contribution in [0.25, 0.3) is 10.9 Å². The lowest BCUT2D eigenvalue weighted by Crippen LogP contribution is -2.36. The Kier molecular flexibility index (Phi) is 6.53. The first-order valence-electron chi connectivity index (χ1n) is 11.2. The standard InChI is InChI=1S/C26H18F4N4O3/c27-16-10-18(24(30)21(11-16)33-26(36)14-1-2-19(28)20(29)8-14)25(35)22-9-15-7-17(12-31-23(15)13-32-22)34-3-5-37-6-4-34/h1-2,7-13H,3-6H2,(H,33,36). The van der Waals surface area contributed by atoms with Crippen molar-refractivity contribution in [3.63, 3.8) is 0 Å². The minimum atomic E-state index is -1.28. The summed E-state index contributed by atoms with van der Waals surface area (Å²) < 4.78 is 61.6. The van der Waals surface area contributed by atoms with Gasteiger partial charge in [-0.1, -0.05) is 0 Å². The summed E-state index contributed by atoms with van der Waals surface area (Å²) in [6, 6.07) is 6.95. The highest BCUT2D eigenvalue weighted by molar-refractivity contribution is 6.11. The number of ether oxygens (including phenoxy) is 1. The number of anilines is 2. The molecule has 1 saturated heterocycles. The number of carbonyl (C=O) groups is 2. The molecule has 0 aliphatic carbocycles. The van der Waals surface area contributed by atoms with Crippen LogP contribution in [0.2, 0.25) is 0 Å².